The fraction of sp³-hybridized carbons (Fsp3) is 0.176. The van der Waals surface area contributed by atoms with Crippen molar-refractivity contribution in [2.45, 2.75) is 13.0 Å². The summed E-state index contributed by atoms with van der Waals surface area (Å²) in [5, 5.41) is 4.47. The van der Waals surface area contributed by atoms with E-state index in [4.69, 9.17) is 4.42 Å². The van der Waals surface area contributed by atoms with Gasteiger partial charge in [0.2, 0.25) is 0 Å². The second-order valence-electron chi connectivity index (χ2n) is 4.93. The largest absolute Gasteiger partial charge is 0.459 e. The van der Waals surface area contributed by atoms with Crippen molar-refractivity contribution in [1.82, 2.24) is 5.32 Å². The lowest BCUT2D eigenvalue weighted by molar-refractivity contribution is 0.490. The molecule has 0 spiro atoms. The summed E-state index contributed by atoms with van der Waals surface area (Å²) in [6, 6.07) is 16.6. The molecule has 0 bridgehead atoms. The Bertz CT molecular complexity index is 715. The molecule has 2 aromatic carbocycles. The van der Waals surface area contributed by atoms with Crippen LogP contribution >= 0.6 is 15.9 Å². The molecule has 0 fully saturated rings. The Kier molecular flexibility index (Phi) is 3.64. The van der Waals surface area contributed by atoms with Gasteiger partial charge in [-0.3, -0.25) is 0 Å². The van der Waals surface area contributed by atoms with Gasteiger partial charge in [-0.05, 0) is 37.7 Å². The van der Waals surface area contributed by atoms with E-state index in [0.29, 0.717) is 0 Å². The van der Waals surface area contributed by atoms with Crippen LogP contribution in [-0.2, 0) is 0 Å². The van der Waals surface area contributed by atoms with Crippen molar-refractivity contribution < 1.29 is 4.42 Å². The average Bonchev–Trinajstić information content (AvgIpc) is 2.87. The van der Waals surface area contributed by atoms with E-state index in [1.165, 1.54) is 11.1 Å². The normalized spacial score (nSPS) is 12.8. The fourth-order valence-corrected chi connectivity index (χ4v) is 2.96. The van der Waals surface area contributed by atoms with Crippen LogP contribution in [0.5, 0.6) is 0 Å². The minimum Gasteiger partial charge on any atom is -0.459 e. The van der Waals surface area contributed by atoms with Crippen LogP contribution < -0.4 is 5.32 Å². The summed E-state index contributed by atoms with van der Waals surface area (Å²) >= 11 is 3.63. The predicted octanol–water partition coefficient (Wildman–Crippen LogP) is 4.81. The first-order valence-corrected chi connectivity index (χ1v) is 7.40. The third-order valence-electron chi connectivity index (χ3n) is 3.48. The first-order valence-electron chi connectivity index (χ1n) is 6.61. The Labute approximate surface area is 126 Å². The lowest BCUT2D eigenvalue weighted by atomic mass is 10.0. The predicted molar refractivity (Wildman–Crippen MR) is 86.0 cm³/mol. The fourth-order valence-electron chi connectivity index (χ4n) is 2.48. The maximum Gasteiger partial charge on any atom is 0.134 e. The van der Waals surface area contributed by atoms with Gasteiger partial charge in [-0.2, -0.15) is 0 Å². The van der Waals surface area contributed by atoms with Crippen molar-refractivity contribution in [3.05, 3.63) is 69.9 Å². The zero-order valence-electron chi connectivity index (χ0n) is 11.5. The number of furan rings is 1. The highest BCUT2D eigenvalue weighted by Crippen LogP contribution is 2.32. The highest BCUT2D eigenvalue weighted by Gasteiger charge is 2.19. The van der Waals surface area contributed by atoms with Gasteiger partial charge in [-0.25, -0.2) is 0 Å². The molecule has 3 rings (SSSR count). The van der Waals surface area contributed by atoms with Crippen molar-refractivity contribution in [3.63, 3.8) is 0 Å². The molecule has 1 unspecified atom stereocenters. The van der Waals surface area contributed by atoms with E-state index in [1.54, 1.807) is 0 Å². The molecular formula is C17H16BrNO. The van der Waals surface area contributed by atoms with Crippen molar-refractivity contribution >= 4 is 26.9 Å². The van der Waals surface area contributed by atoms with Gasteiger partial charge in [0.05, 0.1) is 6.04 Å². The van der Waals surface area contributed by atoms with Crippen LogP contribution in [0.25, 0.3) is 11.0 Å². The summed E-state index contributed by atoms with van der Waals surface area (Å²) in [6.45, 7) is 2.10. The van der Waals surface area contributed by atoms with Crippen LogP contribution in [0.4, 0.5) is 0 Å². The van der Waals surface area contributed by atoms with Gasteiger partial charge < -0.3 is 9.73 Å². The van der Waals surface area contributed by atoms with Crippen molar-refractivity contribution in [2.75, 3.05) is 7.05 Å². The molecule has 1 atom stereocenters. The quantitative estimate of drug-likeness (QED) is 0.745. The van der Waals surface area contributed by atoms with Crippen LogP contribution in [0.1, 0.15) is 22.9 Å². The first-order chi connectivity index (χ1) is 9.69. The molecule has 0 aliphatic heterocycles. The maximum absolute atomic E-state index is 5.99. The monoisotopic (exact) mass is 329 g/mol. The van der Waals surface area contributed by atoms with Gasteiger partial charge in [-0.15, -0.1) is 0 Å². The minimum absolute atomic E-state index is 0.0386. The third-order valence-corrected chi connectivity index (χ3v) is 4.20. The van der Waals surface area contributed by atoms with Gasteiger partial charge in [0.1, 0.15) is 11.3 Å². The summed E-state index contributed by atoms with van der Waals surface area (Å²) in [7, 11) is 1.95. The summed E-state index contributed by atoms with van der Waals surface area (Å²) in [5.41, 5.74) is 3.35. The second-order valence-corrected chi connectivity index (χ2v) is 5.79. The summed E-state index contributed by atoms with van der Waals surface area (Å²) in [6.07, 6.45) is 0. The SMILES string of the molecule is CNC(c1cc2ccccc2o1)c1cc(C)ccc1Br. The van der Waals surface area contributed by atoms with Crippen LogP contribution in [0, 0.1) is 6.92 Å². The molecule has 102 valence electrons. The van der Waals surface area contributed by atoms with E-state index < -0.39 is 0 Å². The highest BCUT2D eigenvalue weighted by atomic mass is 79.9. The molecule has 3 heteroatoms. The van der Waals surface area contributed by atoms with Crippen molar-refractivity contribution in [1.29, 1.82) is 0 Å². The average molecular weight is 330 g/mol. The topological polar surface area (TPSA) is 25.2 Å². The maximum atomic E-state index is 5.99. The molecule has 0 saturated heterocycles. The van der Waals surface area contributed by atoms with E-state index in [9.17, 15) is 0 Å². The number of benzene rings is 2. The number of rotatable bonds is 3. The number of aryl methyl sites for hydroxylation is 1. The molecule has 0 aliphatic rings. The number of para-hydroxylation sites is 1. The van der Waals surface area contributed by atoms with Gasteiger partial charge >= 0.3 is 0 Å². The van der Waals surface area contributed by atoms with Crippen LogP contribution in [0.15, 0.2) is 57.4 Å². The Hall–Kier alpha value is -1.58. The number of hydrogen-bond acceptors (Lipinski definition) is 2. The number of nitrogens with one attached hydrogen (secondary N) is 1. The standard InChI is InChI=1S/C17H16BrNO/c1-11-7-8-14(18)13(9-11)17(19-2)16-10-12-5-3-4-6-15(12)20-16/h3-10,17,19H,1-2H3. The zero-order chi connectivity index (χ0) is 14.1. The highest BCUT2D eigenvalue weighted by molar-refractivity contribution is 9.10. The van der Waals surface area contributed by atoms with Gasteiger partial charge in [0.25, 0.3) is 0 Å². The van der Waals surface area contributed by atoms with E-state index in [-0.39, 0.29) is 6.04 Å². The summed E-state index contributed by atoms with van der Waals surface area (Å²) < 4.78 is 7.07. The number of halogens is 1. The van der Waals surface area contributed by atoms with Crippen LogP contribution in [0.2, 0.25) is 0 Å². The van der Waals surface area contributed by atoms with Gasteiger partial charge in [0, 0.05) is 9.86 Å². The molecule has 0 saturated carbocycles. The Balaban J connectivity index is 2.11. The summed E-state index contributed by atoms with van der Waals surface area (Å²) in [4.78, 5) is 0. The summed E-state index contributed by atoms with van der Waals surface area (Å²) in [5.74, 6) is 0.931. The van der Waals surface area contributed by atoms with E-state index in [0.717, 1.165) is 21.2 Å². The van der Waals surface area contributed by atoms with Crippen LogP contribution in [-0.4, -0.2) is 7.05 Å². The molecule has 3 aromatic rings. The molecule has 1 heterocycles. The van der Waals surface area contributed by atoms with Gasteiger partial charge in [0.15, 0.2) is 0 Å². The molecule has 1 aromatic heterocycles. The minimum atomic E-state index is 0.0386. The van der Waals surface area contributed by atoms with E-state index in [1.807, 2.05) is 25.2 Å². The first kappa shape index (κ1) is 13.4. The Morgan fingerprint density at radius 3 is 2.65 bits per heavy atom. The molecule has 0 amide bonds. The Morgan fingerprint density at radius 1 is 1.10 bits per heavy atom. The van der Waals surface area contributed by atoms with E-state index in [2.05, 4.69) is 58.5 Å². The molecule has 20 heavy (non-hydrogen) atoms. The molecule has 1 N–H and O–H groups in total. The van der Waals surface area contributed by atoms with E-state index >= 15 is 0 Å². The van der Waals surface area contributed by atoms with Crippen molar-refractivity contribution in [2.24, 2.45) is 0 Å². The third kappa shape index (κ3) is 2.39. The molecular weight excluding hydrogens is 314 g/mol. The lowest BCUT2D eigenvalue weighted by Gasteiger charge is -2.16. The Morgan fingerprint density at radius 2 is 1.90 bits per heavy atom. The molecule has 0 radical (unpaired) electrons. The molecule has 0 aliphatic carbocycles. The second kappa shape index (κ2) is 5.43. The lowest BCUT2D eigenvalue weighted by Crippen LogP contribution is -2.17. The number of fused-ring (bicyclic) bond motifs is 1. The molecule has 2 nitrogen and oxygen atoms in total. The zero-order valence-corrected chi connectivity index (χ0v) is 13.1. The smallest absolute Gasteiger partial charge is 0.134 e. The van der Waals surface area contributed by atoms with Gasteiger partial charge in [-0.1, -0.05) is 51.8 Å². The van der Waals surface area contributed by atoms with Crippen LogP contribution in [0.3, 0.4) is 0 Å². The number of hydrogen-bond donors (Lipinski definition) is 1. The van der Waals surface area contributed by atoms with Crippen molar-refractivity contribution in [3.8, 4) is 0 Å².